The number of nitrogens with one attached hydrogen (secondary N) is 2. The fourth-order valence-corrected chi connectivity index (χ4v) is 4.77. The number of hydrogen-bond donors (Lipinski definition) is 3. The zero-order valence-electron chi connectivity index (χ0n) is 21.5. The number of nitrogens with zero attached hydrogens (tertiary/aromatic N) is 4. The molecule has 3 aromatic carbocycles. The van der Waals surface area contributed by atoms with Gasteiger partial charge in [-0.3, -0.25) is 14.3 Å². The molecular weight excluding hydrogens is 508 g/mol. The van der Waals surface area contributed by atoms with Crippen LogP contribution in [0.15, 0.2) is 79.0 Å². The van der Waals surface area contributed by atoms with Gasteiger partial charge in [-0.15, -0.1) is 0 Å². The van der Waals surface area contributed by atoms with Crippen molar-refractivity contribution < 1.29 is 19.5 Å². The fraction of sp³-hybridized carbons (Fsp3) is 0.167. The normalized spacial score (nSPS) is 12.4. The topological polar surface area (TPSA) is 140 Å². The Morgan fingerprint density at radius 2 is 1.77 bits per heavy atom. The van der Waals surface area contributed by atoms with Gasteiger partial charge in [0.25, 0.3) is 11.8 Å². The molecule has 10 heteroatoms. The van der Waals surface area contributed by atoms with Crippen LogP contribution in [0.2, 0.25) is 0 Å². The number of aromatic nitrogens is 2. The highest BCUT2D eigenvalue weighted by Crippen LogP contribution is 2.25. The fourth-order valence-electron chi connectivity index (χ4n) is 4.77. The minimum atomic E-state index is -1.04. The summed E-state index contributed by atoms with van der Waals surface area (Å²) in [7, 11) is 0. The number of carbonyl (C=O) groups excluding carboxylic acids is 2. The molecule has 0 bridgehead atoms. The molecule has 10 nitrogen and oxygen atoms in total. The van der Waals surface area contributed by atoms with Gasteiger partial charge in [-0.1, -0.05) is 42.5 Å². The summed E-state index contributed by atoms with van der Waals surface area (Å²) in [5, 5.41) is 27.4. The van der Waals surface area contributed by atoms with Crippen molar-refractivity contribution in [3.05, 3.63) is 113 Å². The Kier molecular flexibility index (Phi) is 7.55. The molecule has 40 heavy (non-hydrogen) atoms. The van der Waals surface area contributed by atoms with Crippen molar-refractivity contribution in [3.63, 3.8) is 0 Å². The third-order valence-corrected chi connectivity index (χ3v) is 6.75. The van der Waals surface area contributed by atoms with Crippen molar-refractivity contribution in [2.24, 2.45) is 0 Å². The van der Waals surface area contributed by atoms with Gasteiger partial charge in [-0.2, -0.15) is 10.4 Å². The largest absolute Gasteiger partial charge is 0.465 e. The van der Waals surface area contributed by atoms with E-state index in [1.165, 1.54) is 6.20 Å². The highest BCUT2D eigenvalue weighted by Gasteiger charge is 2.32. The molecule has 0 saturated heterocycles. The third kappa shape index (κ3) is 5.68. The van der Waals surface area contributed by atoms with E-state index >= 15 is 0 Å². The maximum atomic E-state index is 13.5. The lowest BCUT2D eigenvalue weighted by Crippen LogP contribution is -2.41. The lowest BCUT2D eigenvalue weighted by atomic mass is 9.97. The van der Waals surface area contributed by atoms with Crippen LogP contribution in [0.25, 0.3) is 0 Å². The maximum absolute atomic E-state index is 13.5. The molecule has 3 N–H and O–H groups in total. The van der Waals surface area contributed by atoms with E-state index in [1.807, 2.05) is 54.6 Å². The Balaban J connectivity index is 1.30. The molecular formula is C30H26N6O4. The van der Waals surface area contributed by atoms with Crippen molar-refractivity contribution >= 4 is 29.3 Å². The van der Waals surface area contributed by atoms with E-state index in [1.54, 1.807) is 33.8 Å². The molecule has 200 valence electrons. The van der Waals surface area contributed by atoms with Crippen LogP contribution in [-0.4, -0.2) is 45.9 Å². The van der Waals surface area contributed by atoms with Gasteiger partial charge in [0.05, 0.1) is 29.9 Å². The van der Waals surface area contributed by atoms with E-state index in [0.29, 0.717) is 49.4 Å². The average Bonchev–Trinajstić information content (AvgIpc) is 3.40. The number of amides is 3. The molecule has 1 aliphatic rings. The van der Waals surface area contributed by atoms with Crippen molar-refractivity contribution in [2.75, 3.05) is 23.3 Å². The van der Waals surface area contributed by atoms with Gasteiger partial charge >= 0.3 is 6.09 Å². The molecule has 3 amide bonds. The van der Waals surface area contributed by atoms with E-state index < -0.39 is 12.0 Å². The summed E-state index contributed by atoms with van der Waals surface area (Å²) in [6.45, 7) is 1.19. The molecule has 1 aromatic heterocycles. The molecule has 0 fully saturated rings. The number of anilines is 2. The highest BCUT2D eigenvalue weighted by atomic mass is 16.4. The number of hydrogen-bond acceptors (Lipinski definition) is 5. The van der Waals surface area contributed by atoms with E-state index in [2.05, 4.69) is 15.7 Å². The first-order chi connectivity index (χ1) is 19.4. The van der Waals surface area contributed by atoms with Crippen LogP contribution < -0.4 is 15.5 Å². The van der Waals surface area contributed by atoms with Crippen molar-refractivity contribution in [3.8, 4) is 6.07 Å². The second-order valence-corrected chi connectivity index (χ2v) is 9.33. The maximum Gasteiger partial charge on any atom is 0.404 e. The van der Waals surface area contributed by atoms with Gasteiger partial charge in [-0.05, 0) is 59.9 Å². The van der Waals surface area contributed by atoms with Gasteiger partial charge in [0.1, 0.15) is 5.69 Å². The minimum absolute atomic E-state index is 0.169. The molecule has 4 aromatic rings. The number of fused-ring (bicyclic) bond motifs is 1. The van der Waals surface area contributed by atoms with Crippen LogP contribution in [0, 0.1) is 11.3 Å². The minimum Gasteiger partial charge on any atom is -0.465 e. The second kappa shape index (κ2) is 11.5. The Labute approximate surface area is 230 Å². The first-order valence-electron chi connectivity index (χ1n) is 12.7. The van der Waals surface area contributed by atoms with E-state index in [-0.39, 0.29) is 17.2 Å². The molecule has 2 heterocycles. The summed E-state index contributed by atoms with van der Waals surface area (Å²) in [6, 6.07) is 24.2. The number of benzene rings is 3. The summed E-state index contributed by atoms with van der Waals surface area (Å²) < 4.78 is 1.55. The SMILES string of the molecule is N#Cc1cccc(NC(=O)c2cnn3c2C(=O)N(c2ccc(Cc4ccccc4CCNC(=O)O)cc2)CC3)c1. The van der Waals surface area contributed by atoms with Crippen LogP contribution >= 0.6 is 0 Å². The summed E-state index contributed by atoms with van der Waals surface area (Å²) in [5.41, 5.74) is 5.21. The average molecular weight is 535 g/mol. The molecule has 5 rings (SSSR count). The standard InChI is InChI=1S/C30H26N6O4/c31-18-21-4-3-7-24(17-21)34-28(37)26-19-33-36-15-14-35(29(38)27(26)36)25-10-8-20(9-11-25)16-23-6-2-1-5-22(23)12-13-32-30(39)40/h1-11,17,19,32H,12-16H2,(H,34,37)(H,39,40). The zero-order valence-corrected chi connectivity index (χ0v) is 21.5. The Hall–Kier alpha value is -5.43. The van der Waals surface area contributed by atoms with Crippen LogP contribution in [-0.2, 0) is 19.4 Å². The predicted octanol–water partition coefficient (Wildman–Crippen LogP) is 4.07. The highest BCUT2D eigenvalue weighted by molar-refractivity contribution is 6.15. The van der Waals surface area contributed by atoms with Gasteiger partial charge < -0.3 is 20.6 Å². The van der Waals surface area contributed by atoms with Gasteiger partial charge in [0.2, 0.25) is 0 Å². The quantitative estimate of drug-likeness (QED) is 0.311. The van der Waals surface area contributed by atoms with Gasteiger partial charge in [0, 0.05) is 24.5 Å². The Bertz CT molecular complexity index is 1620. The molecule has 0 saturated carbocycles. The predicted molar refractivity (Wildman–Crippen MR) is 148 cm³/mol. The third-order valence-electron chi connectivity index (χ3n) is 6.75. The summed E-state index contributed by atoms with van der Waals surface area (Å²) in [6.07, 6.45) is 1.62. The molecule has 0 radical (unpaired) electrons. The smallest absolute Gasteiger partial charge is 0.404 e. The zero-order chi connectivity index (χ0) is 28.1. The van der Waals surface area contributed by atoms with Crippen LogP contribution in [0.1, 0.15) is 43.1 Å². The number of rotatable bonds is 8. The van der Waals surface area contributed by atoms with Gasteiger partial charge in [-0.25, -0.2) is 4.79 Å². The molecule has 0 aliphatic carbocycles. The monoisotopic (exact) mass is 534 g/mol. The van der Waals surface area contributed by atoms with Crippen LogP contribution in [0.3, 0.4) is 0 Å². The lowest BCUT2D eigenvalue weighted by molar-refractivity contribution is 0.0946. The van der Waals surface area contributed by atoms with Crippen LogP contribution in [0.4, 0.5) is 16.2 Å². The lowest BCUT2D eigenvalue weighted by Gasteiger charge is -2.28. The Morgan fingerprint density at radius 3 is 2.52 bits per heavy atom. The molecule has 0 atom stereocenters. The number of carbonyl (C=O) groups is 3. The molecule has 0 unspecified atom stereocenters. The number of carboxylic acid groups (broad SMARTS) is 1. The van der Waals surface area contributed by atoms with Crippen molar-refractivity contribution in [1.82, 2.24) is 15.1 Å². The second-order valence-electron chi connectivity index (χ2n) is 9.33. The number of nitriles is 1. The summed E-state index contributed by atoms with van der Waals surface area (Å²) >= 11 is 0. The Morgan fingerprint density at radius 1 is 1.00 bits per heavy atom. The first kappa shape index (κ1) is 26.2. The van der Waals surface area contributed by atoms with Crippen molar-refractivity contribution in [1.29, 1.82) is 5.26 Å². The van der Waals surface area contributed by atoms with Gasteiger partial charge in [0.15, 0.2) is 0 Å². The van der Waals surface area contributed by atoms with E-state index in [9.17, 15) is 14.4 Å². The van der Waals surface area contributed by atoms with Crippen LogP contribution in [0.5, 0.6) is 0 Å². The summed E-state index contributed by atoms with van der Waals surface area (Å²) in [5.74, 6) is -0.789. The van der Waals surface area contributed by atoms with Crippen molar-refractivity contribution in [2.45, 2.75) is 19.4 Å². The molecule has 1 aliphatic heterocycles. The molecule has 0 spiro atoms. The van der Waals surface area contributed by atoms with E-state index in [0.717, 1.165) is 16.7 Å². The summed E-state index contributed by atoms with van der Waals surface area (Å²) in [4.78, 5) is 39.0. The van der Waals surface area contributed by atoms with E-state index in [4.69, 9.17) is 10.4 Å². The first-order valence-corrected chi connectivity index (χ1v) is 12.7.